The number of rotatable bonds is 2. The third kappa shape index (κ3) is 2.59. The van der Waals surface area contributed by atoms with E-state index in [1.165, 1.54) is 6.42 Å². The molecule has 1 unspecified atom stereocenters. The van der Waals surface area contributed by atoms with Gasteiger partial charge in [0.05, 0.1) is 10.6 Å². The Labute approximate surface area is 120 Å². The maximum Gasteiger partial charge on any atom is 0.149 e. The SMILES string of the molecule is CC(O)(c1ccc(Br)c(Cl)c1F)C1CCCCC1. The predicted octanol–water partition coefficient (Wildman–Crippen LogP) is 5.03. The number of aliphatic hydroxyl groups is 1. The maximum absolute atomic E-state index is 14.2. The van der Waals surface area contributed by atoms with Crippen LogP contribution >= 0.6 is 27.5 Å². The third-order valence-electron chi connectivity index (χ3n) is 3.98. The summed E-state index contributed by atoms with van der Waals surface area (Å²) in [7, 11) is 0. The summed E-state index contributed by atoms with van der Waals surface area (Å²) in [5, 5.41) is 10.7. The molecule has 1 saturated carbocycles. The molecule has 1 N–H and O–H groups in total. The summed E-state index contributed by atoms with van der Waals surface area (Å²) in [6.07, 6.45) is 5.30. The highest BCUT2D eigenvalue weighted by Crippen LogP contribution is 2.42. The number of benzene rings is 1. The standard InChI is InChI=1S/C14H17BrClFO/c1-14(18,9-5-3-2-4-6-9)10-7-8-11(15)12(16)13(10)17/h7-9,18H,2-6H2,1H3. The van der Waals surface area contributed by atoms with E-state index in [1.54, 1.807) is 19.1 Å². The molecule has 0 aliphatic heterocycles. The average molecular weight is 336 g/mol. The fourth-order valence-corrected chi connectivity index (χ4v) is 3.27. The summed E-state index contributed by atoms with van der Waals surface area (Å²) in [5.41, 5.74) is -0.836. The third-order valence-corrected chi connectivity index (χ3v) is 5.24. The van der Waals surface area contributed by atoms with Crippen molar-refractivity contribution in [1.82, 2.24) is 0 Å². The van der Waals surface area contributed by atoms with Crippen molar-refractivity contribution in [2.45, 2.75) is 44.6 Å². The molecule has 0 amide bonds. The first-order chi connectivity index (χ1) is 8.44. The van der Waals surface area contributed by atoms with Gasteiger partial charge in [0.15, 0.2) is 0 Å². The van der Waals surface area contributed by atoms with Crippen molar-refractivity contribution >= 4 is 27.5 Å². The molecular formula is C14H17BrClFO. The molecule has 0 radical (unpaired) electrons. The number of hydrogen-bond donors (Lipinski definition) is 1. The Morgan fingerprint density at radius 2 is 1.94 bits per heavy atom. The number of halogens is 3. The van der Waals surface area contributed by atoms with Crippen LogP contribution in [0.3, 0.4) is 0 Å². The largest absolute Gasteiger partial charge is 0.385 e. The van der Waals surface area contributed by atoms with E-state index in [0.29, 0.717) is 10.0 Å². The van der Waals surface area contributed by atoms with E-state index in [1.807, 2.05) is 0 Å². The van der Waals surface area contributed by atoms with Crippen molar-refractivity contribution in [2.75, 3.05) is 0 Å². The fourth-order valence-electron chi connectivity index (χ4n) is 2.80. The zero-order valence-corrected chi connectivity index (χ0v) is 12.7. The van der Waals surface area contributed by atoms with Crippen molar-refractivity contribution in [3.05, 3.63) is 33.0 Å². The van der Waals surface area contributed by atoms with Gasteiger partial charge in [-0.2, -0.15) is 0 Å². The summed E-state index contributed by atoms with van der Waals surface area (Å²) in [6, 6.07) is 3.32. The maximum atomic E-state index is 14.2. The van der Waals surface area contributed by atoms with Crippen LogP contribution in [0.4, 0.5) is 4.39 Å². The summed E-state index contributed by atoms with van der Waals surface area (Å²) in [4.78, 5) is 0. The Kier molecular flexibility index (Phi) is 4.35. The van der Waals surface area contributed by atoms with Crippen LogP contribution in [0.2, 0.25) is 5.02 Å². The summed E-state index contributed by atoms with van der Waals surface area (Å²) in [5.74, 6) is -0.403. The average Bonchev–Trinajstić information content (AvgIpc) is 2.37. The second-order valence-electron chi connectivity index (χ2n) is 5.21. The van der Waals surface area contributed by atoms with E-state index in [9.17, 15) is 9.50 Å². The lowest BCUT2D eigenvalue weighted by atomic mass is 9.74. The van der Waals surface area contributed by atoms with Gasteiger partial charge in [-0.15, -0.1) is 0 Å². The Hall–Kier alpha value is -0.120. The molecule has 0 bridgehead atoms. The highest BCUT2D eigenvalue weighted by Gasteiger charge is 2.37. The van der Waals surface area contributed by atoms with Crippen molar-refractivity contribution in [2.24, 2.45) is 5.92 Å². The van der Waals surface area contributed by atoms with Gasteiger partial charge in [-0.05, 0) is 47.7 Å². The number of hydrogen-bond acceptors (Lipinski definition) is 1. The predicted molar refractivity (Wildman–Crippen MR) is 75.3 cm³/mol. The van der Waals surface area contributed by atoms with Crippen LogP contribution in [0.5, 0.6) is 0 Å². The van der Waals surface area contributed by atoms with E-state index < -0.39 is 11.4 Å². The highest BCUT2D eigenvalue weighted by atomic mass is 79.9. The second kappa shape index (κ2) is 5.48. The first-order valence-corrected chi connectivity index (χ1v) is 7.48. The summed E-state index contributed by atoms with van der Waals surface area (Å²) < 4.78 is 14.7. The molecule has 1 nitrogen and oxygen atoms in total. The van der Waals surface area contributed by atoms with E-state index in [-0.39, 0.29) is 10.9 Å². The fraction of sp³-hybridized carbons (Fsp3) is 0.571. The van der Waals surface area contributed by atoms with Crippen molar-refractivity contribution in [3.8, 4) is 0 Å². The lowest BCUT2D eigenvalue weighted by Crippen LogP contribution is -2.34. The molecule has 4 heteroatoms. The Morgan fingerprint density at radius 1 is 1.33 bits per heavy atom. The van der Waals surface area contributed by atoms with E-state index >= 15 is 0 Å². The molecule has 0 saturated heterocycles. The van der Waals surface area contributed by atoms with Gasteiger partial charge in [0.1, 0.15) is 5.82 Å². The summed E-state index contributed by atoms with van der Waals surface area (Å²) in [6.45, 7) is 1.70. The first-order valence-electron chi connectivity index (χ1n) is 6.31. The highest BCUT2D eigenvalue weighted by molar-refractivity contribution is 9.10. The molecule has 0 aromatic heterocycles. The Balaban J connectivity index is 2.37. The Bertz CT molecular complexity index is 442. The molecule has 18 heavy (non-hydrogen) atoms. The molecule has 0 heterocycles. The lowest BCUT2D eigenvalue weighted by Gasteiger charge is -2.36. The van der Waals surface area contributed by atoms with Crippen LogP contribution in [-0.4, -0.2) is 5.11 Å². The van der Waals surface area contributed by atoms with Crippen LogP contribution in [0.1, 0.15) is 44.6 Å². The van der Waals surface area contributed by atoms with E-state index in [0.717, 1.165) is 25.7 Å². The topological polar surface area (TPSA) is 20.2 Å². The van der Waals surface area contributed by atoms with Crippen LogP contribution in [0.15, 0.2) is 16.6 Å². The van der Waals surface area contributed by atoms with Gasteiger partial charge in [-0.3, -0.25) is 0 Å². The zero-order chi connectivity index (χ0) is 13.3. The quantitative estimate of drug-likeness (QED) is 0.752. The van der Waals surface area contributed by atoms with Crippen molar-refractivity contribution in [1.29, 1.82) is 0 Å². The van der Waals surface area contributed by atoms with Crippen molar-refractivity contribution < 1.29 is 9.50 Å². The van der Waals surface area contributed by atoms with E-state index in [2.05, 4.69) is 15.9 Å². The van der Waals surface area contributed by atoms with Gasteiger partial charge in [-0.25, -0.2) is 4.39 Å². The van der Waals surface area contributed by atoms with Crippen LogP contribution in [0.25, 0.3) is 0 Å². The van der Waals surface area contributed by atoms with Gasteiger partial charge in [-0.1, -0.05) is 36.9 Å². The van der Waals surface area contributed by atoms with Crippen LogP contribution < -0.4 is 0 Å². The molecule has 2 rings (SSSR count). The first kappa shape index (κ1) is 14.3. The van der Waals surface area contributed by atoms with Crippen molar-refractivity contribution in [3.63, 3.8) is 0 Å². The molecular weight excluding hydrogens is 319 g/mol. The second-order valence-corrected chi connectivity index (χ2v) is 6.44. The minimum absolute atomic E-state index is 0.0450. The van der Waals surface area contributed by atoms with Gasteiger partial charge < -0.3 is 5.11 Å². The minimum atomic E-state index is -1.14. The molecule has 100 valence electrons. The van der Waals surface area contributed by atoms with E-state index in [4.69, 9.17) is 11.6 Å². The van der Waals surface area contributed by atoms with Gasteiger partial charge >= 0.3 is 0 Å². The van der Waals surface area contributed by atoms with Gasteiger partial charge in [0, 0.05) is 10.0 Å². The molecule has 1 aliphatic rings. The molecule has 1 aliphatic carbocycles. The minimum Gasteiger partial charge on any atom is -0.385 e. The summed E-state index contributed by atoms with van der Waals surface area (Å²) >= 11 is 9.08. The van der Waals surface area contributed by atoms with Gasteiger partial charge in [0.2, 0.25) is 0 Å². The van der Waals surface area contributed by atoms with Crippen LogP contribution in [-0.2, 0) is 5.60 Å². The van der Waals surface area contributed by atoms with Crippen LogP contribution in [0, 0.1) is 11.7 Å². The zero-order valence-electron chi connectivity index (χ0n) is 10.3. The molecule has 0 spiro atoms. The smallest absolute Gasteiger partial charge is 0.149 e. The van der Waals surface area contributed by atoms with Gasteiger partial charge in [0.25, 0.3) is 0 Å². The molecule has 1 aromatic rings. The lowest BCUT2D eigenvalue weighted by molar-refractivity contribution is -0.0243. The monoisotopic (exact) mass is 334 g/mol. The Morgan fingerprint density at radius 3 is 2.56 bits per heavy atom. The molecule has 1 atom stereocenters. The normalized spacial score (nSPS) is 20.7. The molecule has 1 aromatic carbocycles. The molecule has 1 fully saturated rings.